The van der Waals surface area contributed by atoms with E-state index in [1.165, 1.54) is 57.8 Å². The van der Waals surface area contributed by atoms with E-state index in [9.17, 15) is 9.59 Å². The van der Waals surface area contributed by atoms with Gasteiger partial charge in [-0.25, -0.2) is 9.59 Å². The Bertz CT molecular complexity index is 1340. The predicted octanol–water partition coefficient (Wildman–Crippen LogP) is 13.7. The molecule has 8 nitrogen and oxygen atoms in total. The summed E-state index contributed by atoms with van der Waals surface area (Å²) >= 11 is 0. The fraction of sp³-hybridized carbons (Fsp3) is 0.885. The number of fused-ring (bicyclic) bond motifs is 5. The molecule has 0 saturated heterocycles. The Hall–Kier alpha value is -2.38. The highest BCUT2D eigenvalue weighted by atomic mass is 16.6. The maximum Gasteiger partial charge on any atom is 0.410 e. The minimum atomic E-state index is -0.494. The van der Waals surface area contributed by atoms with Gasteiger partial charge in [0, 0.05) is 32.6 Å². The second-order valence-corrected chi connectivity index (χ2v) is 22.5. The lowest BCUT2D eigenvalue weighted by molar-refractivity contribution is -0.0535. The molecule has 0 aliphatic heterocycles. The van der Waals surface area contributed by atoms with Crippen LogP contribution in [0.1, 0.15) is 205 Å². The van der Waals surface area contributed by atoms with Crippen LogP contribution in [0.3, 0.4) is 0 Å². The zero-order valence-corrected chi connectivity index (χ0v) is 40.8. The van der Waals surface area contributed by atoms with Crippen molar-refractivity contribution in [1.29, 1.82) is 0 Å². The van der Waals surface area contributed by atoms with Crippen molar-refractivity contribution in [1.82, 2.24) is 15.5 Å². The number of nitrogens with one attached hydrogen (secondary N) is 2. The molecule has 0 spiro atoms. The number of rotatable bonds is 23. The van der Waals surface area contributed by atoms with E-state index in [-0.39, 0.29) is 29.3 Å². The fourth-order valence-corrected chi connectivity index (χ4v) is 12.2. The lowest BCUT2D eigenvalue weighted by Gasteiger charge is -2.58. The van der Waals surface area contributed by atoms with Crippen LogP contribution in [0.5, 0.6) is 0 Å². The van der Waals surface area contributed by atoms with Crippen molar-refractivity contribution in [3.05, 3.63) is 24.1 Å². The van der Waals surface area contributed by atoms with Crippen molar-refractivity contribution in [2.75, 3.05) is 26.2 Å². The van der Waals surface area contributed by atoms with Gasteiger partial charge in [-0.05, 0) is 172 Å². The van der Waals surface area contributed by atoms with E-state index in [1.807, 2.05) is 46.4 Å². The minimum absolute atomic E-state index is 0.0354. The van der Waals surface area contributed by atoms with Gasteiger partial charge in [0.25, 0.3) is 0 Å². The molecule has 0 aromatic carbocycles. The van der Waals surface area contributed by atoms with Crippen LogP contribution in [0.15, 0.2) is 24.1 Å². The summed E-state index contributed by atoms with van der Waals surface area (Å²) < 4.78 is 17.6. The van der Waals surface area contributed by atoms with Gasteiger partial charge in [0.05, 0.1) is 0 Å². The normalized spacial score (nSPS) is 28.1. The molecule has 0 aromatic rings. The first-order valence-corrected chi connectivity index (χ1v) is 25.0. The SMILES string of the molecule is C=C(NCCCCCCN(CCCCCCNC(=O)OC(C)(C)C)C(=O)OC1CCC2(C)C(=CCC3C2CCC2(C)C(CCC[C@@H](CC)C(C)C)CCC32)C1)OC(C)(C)C. The van der Waals surface area contributed by atoms with Crippen LogP contribution in [0.25, 0.3) is 0 Å². The average molecular weight is 840 g/mol. The Kier molecular flexibility index (Phi) is 19.1. The monoisotopic (exact) mass is 840 g/mol. The van der Waals surface area contributed by atoms with Crippen molar-refractivity contribution in [2.24, 2.45) is 46.3 Å². The molecule has 3 saturated carbocycles. The molecule has 2 N–H and O–H groups in total. The molecule has 60 heavy (non-hydrogen) atoms. The van der Waals surface area contributed by atoms with Gasteiger partial charge in [-0.2, -0.15) is 0 Å². The third-order valence-electron chi connectivity index (χ3n) is 15.5. The number of hydrogen-bond acceptors (Lipinski definition) is 6. The highest BCUT2D eigenvalue weighted by molar-refractivity contribution is 5.68. The molecule has 8 atom stereocenters. The maximum absolute atomic E-state index is 13.9. The van der Waals surface area contributed by atoms with Gasteiger partial charge >= 0.3 is 12.2 Å². The van der Waals surface area contributed by atoms with E-state index in [4.69, 9.17) is 14.2 Å². The zero-order valence-electron chi connectivity index (χ0n) is 40.8. The highest BCUT2D eigenvalue weighted by Crippen LogP contribution is 2.67. The van der Waals surface area contributed by atoms with Gasteiger partial charge < -0.3 is 29.7 Å². The van der Waals surface area contributed by atoms with Crippen LogP contribution >= 0.6 is 0 Å². The van der Waals surface area contributed by atoms with Gasteiger partial charge in [-0.15, -0.1) is 0 Å². The summed E-state index contributed by atoms with van der Waals surface area (Å²) in [6, 6.07) is 0. The van der Waals surface area contributed by atoms with Crippen LogP contribution in [-0.4, -0.2) is 60.6 Å². The Labute approximate surface area is 368 Å². The van der Waals surface area contributed by atoms with E-state index >= 15 is 0 Å². The summed E-state index contributed by atoms with van der Waals surface area (Å²) in [7, 11) is 0. The van der Waals surface area contributed by atoms with Crippen LogP contribution in [-0.2, 0) is 14.2 Å². The molecule has 0 aromatic heterocycles. The number of alkyl carbamates (subject to hydrolysis) is 1. The van der Waals surface area contributed by atoms with Crippen LogP contribution < -0.4 is 10.6 Å². The molecule has 346 valence electrons. The van der Waals surface area contributed by atoms with E-state index in [2.05, 4.69) is 57.9 Å². The second-order valence-electron chi connectivity index (χ2n) is 22.5. The Morgan fingerprint density at radius 3 is 2.07 bits per heavy atom. The third kappa shape index (κ3) is 14.9. The van der Waals surface area contributed by atoms with Gasteiger partial charge in [0.2, 0.25) is 0 Å². The van der Waals surface area contributed by atoms with Crippen molar-refractivity contribution in [3.63, 3.8) is 0 Å². The molecule has 2 amide bonds. The van der Waals surface area contributed by atoms with Gasteiger partial charge in [-0.3, -0.25) is 0 Å². The van der Waals surface area contributed by atoms with Crippen molar-refractivity contribution < 1.29 is 23.8 Å². The Balaban J connectivity index is 1.27. The molecule has 7 unspecified atom stereocenters. The largest absolute Gasteiger partial charge is 0.474 e. The summed E-state index contributed by atoms with van der Waals surface area (Å²) in [6.07, 6.45) is 25.5. The van der Waals surface area contributed by atoms with E-state index < -0.39 is 5.60 Å². The smallest absolute Gasteiger partial charge is 0.410 e. The van der Waals surface area contributed by atoms with Crippen molar-refractivity contribution in [3.8, 4) is 0 Å². The van der Waals surface area contributed by atoms with E-state index in [1.54, 1.807) is 5.57 Å². The molecule has 0 heterocycles. The average Bonchev–Trinajstić information content (AvgIpc) is 3.49. The molecule has 4 aliphatic rings. The van der Waals surface area contributed by atoms with Crippen LogP contribution in [0.4, 0.5) is 9.59 Å². The maximum atomic E-state index is 13.9. The van der Waals surface area contributed by atoms with E-state index in [0.717, 1.165) is 119 Å². The zero-order chi connectivity index (χ0) is 44.1. The summed E-state index contributed by atoms with van der Waals surface area (Å²) in [4.78, 5) is 27.9. The van der Waals surface area contributed by atoms with Crippen molar-refractivity contribution in [2.45, 2.75) is 222 Å². The summed E-state index contributed by atoms with van der Waals surface area (Å²) in [5.74, 6) is 5.67. The number of carbonyl (C=O) groups excluding carboxylic acids is 2. The molecule has 0 bridgehead atoms. The molecule has 8 heteroatoms. The predicted molar refractivity (Wildman–Crippen MR) is 249 cm³/mol. The van der Waals surface area contributed by atoms with E-state index in [0.29, 0.717) is 24.4 Å². The summed E-state index contributed by atoms with van der Waals surface area (Å²) in [5, 5.41) is 6.16. The number of allylic oxidation sites excluding steroid dienone is 1. The molecule has 4 rings (SSSR count). The number of nitrogens with zero attached hydrogens (tertiary/aromatic N) is 1. The number of ether oxygens (including phenoxy) is 3. The summed E-state index contributed by atoms with van der Waals surface area (Å²) in [5.41, 5.74) is 1.60. The molecule has 3 fully saturated rings. The van der Waals surface area contributed by atoms with Crippen LogP contribution in [0.2, 0.25) is 0 Å². The summed E-state index contributed by atoms with van der Waals surface area (Å²) in [6.45, 7) is 31.1. The fourth-order valence-electron chi connectivity index (χ4n) is 12.2. The van der Waals surface area contributed by atoms with Gasteiger partial charge in [-0.1, -0.05) is 91.2 Å². The number of carbonyl (C=O) groups is 2. The van der Waals surface area contributed by atoms with Gasteiger partial charge in [0.1, 0.15) is 17.3 Å². The van der Waals surface area contributed by atoms with Crippen molar-refractivity contribution >= 4 is 12.2 Å². The lowest BCUT2D eigenvalue weighted by atomic mass is 9.47. The number of unbranched alkanes of at least 4 members (excludes halogenated alkanes) is 6. The molecular weight excluding hydrogens is 747 g/mol. The standard InChI is InChI=1S/C52H93N3O5/c1-13-40(38(2)3)23-22-24-41-26-28-45-44-27-25-42-37-43(29-31-52(42,12)46(44)30-32-51(41,45)11)58-48(57)55(35-20-16-14-18-33-53-39(4)59-49(5,6)7)36-21-17-15-19-34-54-47(56)60-50(8,9)10/h25,38,40-41,43-46,53H,4,13-24,26-37H2,1-3,5-12H3,(H,54,56)/t40-,41?,43?,44?,45?,46?,51?,52?/m1/s1. The first kappa shape index (κ1) is 50.3. The van der Waals surface area contributed by atoms with Crippen LogP contribution in [0, 0.1) is 46.3 Å². The Morgan fingerprint density at radius 2 is 1.45 bits per heavy atom. The highest BCUT2D eigenvalue weighted by Gasteiger charge is 2.58. The number of amides is 2. The van der Waals surface area contributed by atoms with Gasteiger partial charge in [0.15, 0.2) is 5.88 Å². The first-order chi connectivity index (χ1) is 28.3. The second kappa shape index (κ2) is 22.8. The third-order valence-corrected chi connectivity index (χ3v) is 15.5. The number of hydrogen-bond donors (Lipinski definition) is 2. The molecular formula is C52H93N3O5. The lowest BCUT2D eigenvalue weighted by Crippen LogP contribution is -2.50. The first-order valence-electron chi connectivity index (χ1n) is 25.0. The molecule has 4 aliphatic carbocycles. The molecule has 0 radical (unpaired) electrons. The minimum Gasteiger partial charge on any atom is -0.474 e. The Morgan fingerprint density at radius 1 is 0.817 bits per heavy atom. The quantitative estimate of drug-likeness (QED) is 0.0605. The topological polar surface area (TPSA) is 89.1 Å².